The molecular formula is C8H6F2IN3. The second-order valence-electron chi connectivity index (χ2n) is 2.47. The fraction of sp³-hybridized carbons (Fsp3) is 0.250. The third-order valence-electron chi connectivity index (χ3n) is 1.61. The van der Waals surface area contributed by atoms with Crippen LogP contribution in [-0.4, -0.2) is 4.98 Å². The maximum absolute atomic E-state index is 12.5. The van der Waals surface area contributed by atoms with Gasteiger partial charge in [-0.3, -0.25) is 0 Å². The first-order valence-corrected chi connectivity index (χ1v) is 4.75. The Morgan fingerprint density at radius 1 is 1.64 bits per heavy atom. The molecule has 0 saturated heterocycles. The molecule has 0 aliphatic carbocycles. The maximum Gasteiger partial charge on any atom is 0.266 e. The summed E-state index contributed by atoms with van der Waals surface area (Å²) >= 11 is 1.75. The zero-order chi connectivity index (χ0) is 10.7. The van der Waals surface area contributed by atoms with Crippen LogP contribution in [0.3, 0.4) is 0 Å². The largest absolute Gasteiger partial charge is 0.325 e. The molecule has 0 saturated carbocycles. The third kappa shape index (κ3) is 2.16. The van der Waals surface area contributed by atoms with Gasteiger partial charge < -0.3 is 5.73 Å². The molecule has 6 heteroatoms. The normalized spacial score (nSPS) is 10.3. The van der Waals surface area contributed by atoms with Crippen LogP contribution in [0, 0.1) is 14.9 Å². The molecule has 0 amide bonds. The molecule has 1 rings (SSSR count). The topological polar surface area (TPSA) is 62.7 Å². The highest BCUT2D eigenvalue weighted by atomic mass is 127. The summed E-state index contributed by atoms with van der Waals surface area (Å²) in [6.45, 7) is -0.0921. The van der Waals surface area contributed by atoms with Crippen LogP contribution in [0.25, 0.3) is 0 Å². The number of hydrogen-bond donors (Lipinski definition) is 1. The first kappa shape index (κ1) is 11.3. The minimum absolute atomic E-state index is 0.0865. The van der Waals surface area contributed by atoms with Crippen LogP contribution in [-0.2, 0) is 6.54 Å². The molecular weight excluding hydrogens is 303 g/mol. The molecule has 0 bridgehead atoms. The minimum atomic E-state index is -2.61. The van der Waals surface area contributed by atoms with E-state index >= 15 is 0 Å². The van der Waals surface area contributed by atoms with E-state index in [0.29, 0.717) is 3.57 Å². The Kier molecular flexibility index (Phi) is 3.71. The highest BCUT2D eigenvalue weighted by molar-refractivity contribution is 14.1. The number of halogens is 3. The summed E-state index contributed by atoms with van der Waals surface area (Å²) in [6, 6.07) is 3.11. The van der Waals surface area contributed by atoms with Crippen LogP contribution < -0.4 is 5.73 Å². The SMILES string of the molecule is N#Cc1cc(I)c(C(F)F)c(CN)n1. The van der Waals surface area contributed by atoms with Crippen LogP contribution >= 0.6 is 22.6 Å². The number of alkyl halides is 2. The highest BCUT2D eigenvalue weighted by Gasteiger charge is 2.18. The smallest absolute Gasteiger partial charge is 0.266 e. The molecule has 0 unspecified atom stereocenters. The number of nitrogens with two attached hydrogens (primary N) is 1. The van der Waals surface area contributed by atoms with E-state index in [1.165, 1.54) is 6.07 Å². The molecule has 1 heterocycles. The fourth-order valence-electron chi connectivity index (χ4n) is 1.02. The van der Waals surface area contributed by atoms with E-state index in [2.05, 4.69) is 4.98 Å². The highest BCUT2D eigenvalue weighted by Crippen LogP contribution is 2.27. The summed E-state index contributed by atoms with van der Waals surface area (Å²) in [5, 5.41) is 8.57. The Morgan fingerprint density at radius 3 is 2.71 bits per heavy atom. The van der Waals surface area contributed by atoms with Crippen molar-refractivity contribution >= 4 is 22.6 Å². The van der Waals surface area contributed by atoms with Crippen LogP contribution in [0.5, 0.6) is 0 Å². The minimum Gasteiger partial charge on any atom is -0.325 e. The Hall–Kier alpha value is -0.810. The Balaban J connectivity index is 3.36. The molecule has 0 aliphatic heterocycles. The summed E-state index contributed by atoms with van der Waals surface area (Å²) in [5.74, 6) is 0. The van der Waals surface area contributed by atoms with Crippen molar-refractivity contribution in [1.82, 2.24) is 4.98 Å². The first-order valence-electron chi connectivity index (χ1n) is 3.67. The van der Waals surface area contributed by atoms with Crippen LogP contribution in [0.15, 0.2) is 6.07 Å². The van der Waals surface area contributed by atoms with Crippen LogP contribution in [0.4, 0.5) is 8.78 Å². The van der Waals surface area contributed by atoms with Crippen LogP contribution in [0.1, 0.15) is 23.4 Å². The van der Waals surface area contributed by atoms with Gasteiger partial charge in [-0.2, -0.15) is 5.26 Å². The summed E-state index contributed by atoms with van der Waals surface area (Å²) in [6.07, 6.45) is -2.61. The molecule has 2 N–H and O–H groups in total. The van der Waals surface area contributed by atoms with Gasteiger partial charge in [-0.1, -0.05) is 0 Å². The van der Waals surface area contributed by atoms with Gasteiger partial charge in [0.2, 0.25) is 0 Å². The average Bonchev–Trinajstić information content (AvgIpc) is 2.15. The number of pyridine rings is 1. The third-order valence-corrected chi connectivity index (χ3v) is 2.51. The van der Waals surface area contributed by atoms with E-state index in [4.69, 9.17) is 11.0 Å². The van der Waals surface area contributed by atoms with Gasteiger partial charge >= 0.3 is 0 Å². The first-order chi connectivity index (χ1) is 6.60. The number of nitriles is 1. The number of hydrogen-bond acceptors (Lipinski definition) is 3. The lowest BCUT2D eigenvalue weighted by Crippen LogP contribution is -2.08. The molecule has 3 nitrogen and oxygen atoms in total. The monoisotopic (exact) mass is 309 g/mol. The van der Waals surface area contributed by atoms with E-state index in [0.717, 1.165) is 0 Å². The van der Waals surface area contributed by atoms with E-state index in [1.807, 2.05) is 0 Å². The van der Waals surface area contributed by atoms with Crippen LogP contribution in [0.2, 0.25) is 0 Å². The van der Waals surface area contributed by atoms with E-state index in [-0.39, 0.29) is 23.5 Å². The van der Waals surface area contributed by atoms with Gasteiger partial charge in [0, 0.05) is 10.1 Å². The van der Waals surface area contributed by atoms with Crippen molar-refractivity contribution in [3.05, 3.63) is 26.6 Å². The summed E-state index contributed by atoms with van der Waals surface area (Å²) in [7, 11) is 0. The standard InChI is InChI=1S/C8H6F2IN3/c9-8(10)7-5(11)1-4(2-12)14-6(7)3-13/h1,8H,3,13H2. The summed E-state index contributed by atoms with van der Waals surface area (Å²) < 4.78 is 25.4. The van der Waals surface area contributed by atoms with Gasteiger partial charge in [0.1, 0.15) is 11.8 Å². The van der Waals surface area contributed by atoms with Crippen molar-refractivity contribution in [3.63, 3.8) is 0 Å². The Bertz CT molecular complexity index is 387. The molecule has 74 valence electrons. The van der Waals surface area contributed by atoms with Gasteiger partial charge in [-0.25, -0.2) is 13.8 Å². The Morgan fingerprint density at radius 2 is 2.29 bits per heavy atom. The van der Waals surface area contributed by atoms with E-state index < -0.39 is 6.43 Å². The van der Waals surface area contributed by atoms with Crippen molar-refractivity contribution in [2.45, 2.75) is 13.0 Å². The Labute approximate surface area is 93.1 Å². The summed E-state index contributed by atoms with van der Waals surface area (Å²) in [5.41, 5.74) is 5.30. The van der Waals surface area contributed by atoms with Gasteiger partial charge in [0.25, 0.3) is 6.43 Å². The molecule has 0 aliphatic rings. The lowest BCUT2D eigenvalue weighted by molar-refractivity contribution is 0.148. The van der Waals surface area contributed by atoms with Gasteiger partial charge in [0.05, 0.1) is 11.3 Å². The van der Waals surface area contributed by atoms with E-state index in [1.54, 1.807) is 28.7 Å². The molecule has 0 fully saturated rings. The quantitative estimate of drug-likeness (QED) is 0.849. The fourth-order valence-corrected chi connectivity index (χ4v) is 1.86. The van der Waals surface area contributed by atoms with Gasteiger partial charge in [0.15, 0.2) is 0 Å². The molecule has 14 heavy (non-hydrogen) atoms. The van der Waals surface area contributed by atoms with Gasteiger partial charge in [-0.05, 0) is 28.7 Å². The number of aromatic nitrogens is 1. The molecule has 0 spiro atoms. The lowest BCUT2D eigenvalue weighted by Gasteiger charge is -2.08. The zero-order valence-electron chi connectivity index (χ0n) is 6.97. The predicted octanol–water partition coefficient (Wildman–Crippen LogP) is 1.95. The van der Waals surface area contributed by atoms with Crippen molar-refractivity contribution in [3.8, 4) is 6.07 Å². The van der Waals surface area contributed by atoms with Crippen molar-refractivity contribution in [2.75, 3.05) is 0 Å². The van der Waals surface area contributed by atoms with Crippen molar-refractivity contribution in [2.24, 2.45) is 5.73 Å². The maximum atomic E-state index is 12.5. The molecule has 0 aromatic carbocycles. The zero-order valence-corrected chi connectivity index (χ0v) is 9.12. The molecule has 1 aromatic heterocycles. The predicted molar refractivity (Wildman–Crippen MR) is 54.5 cm³/mol. The average molecular weight is 309 g/mol. The van der Waals surface area contributed by atoms with Crippen molar-refractivity contribution in [1.29, 1.82) is 5.26 Å². The van der Waals surface area contributed by atoms with E-state index in [9.17, 15) is 8.78 Å². The van der Waals surface area contributed by atoms with Gasteiger partial charge in [-0.15, -0.1) is 0 Å². The second-order valence-corrected chi connectivity index (χ2v) is 3.63. The number of nitrogens with zero attached hydrogens (tertiary/aromatic N) is 2. The molecule has 1 aromatic rings. The molecule has 0 radical (unpaired) electrons. The summed E-state index contributed by atoms with van der Waals surface area (Å²) in [4.78, 5) is 3.72. The number of rotatable bonds is 2. The van der Waals surface area contributed by atoms with Crippen molar-refractivity contribution < 1.29 is 8.78 Å². The second kappa shape index (κ2) is 4.61. The molecule has 0 atom stereocenters. The lowest BCUT2D eigenvalue weighted by atomic mass is 10.2.